The summed E-state index contributed by atoms with van der Waals surface area (Å²) in [4.78, 5) is 13.1. The summed E-state index contributed by atoms with van der Waals surface area (Å²) >= 11 is 0. The molecule has 1 rings (SSSR count). The highest BCUT2D eigenvalue weighted by Gasteiger charge is 2.24. The molecular formula is C13H17ClFNO4S. The molecule has 0 aromatic heterocycles. The van der Waals surface area contributed by atoms with Gasteiger partial charge in [-0.15, -0.1) is 0 Å². The van der Waals surface area contributed by atoms with Crippen LogP contribution in [0, 0.1) is 5.82 Å². The molecule has 0 fully saturated rings. The van der Waals surface area contributed by atoms with E-state index in [4.69, 9.17) is 15.4 Å². The first-order valence-corrected chi connectivity index (χ1v) is 8.71. The van der Waals surface area contributed by atoms with Crippen LogP contribution < -0.4 is 4.74 Å². The van der Waals surface area contributed by atoms with Gasteiger partial charge in [0.05, 0.1) is 0 Å². The van der Waals surface area contributed by atoms with Crippen LogP contribution >= 0.6 is 10.7 Å². The highest BCUT2D eigenvalue weighted by molar-refractivity contribution is 8.13. The van der Waals surface area contributed by atoms with Crippen molar-refractivity contribution in [1.82, 2.24) is 4.90 Å². The van der Waals surface area contributed by atoms with Crippen LogP contribution in [0.25, 0.3) is 0 Å². The van der Waals surface area contributed by atoms with Crippen LogP contribution in [0.5, 0.6) is 5.75 Å². The molecule has 0 saturated heterocycles. The molecule has 21 heavy (non-hydrogen) atoms. The average Bonchev–Trinajstić information content (AvgIpc) is 2.40. The Bertz CT molecular complexity index is 617. The number of hydrogen-bond donors (Lipinski definition) is 0. The Kier molecular flexibility index (Phi) is 5.98. The van der Waals surface area contributed by atoms with E-state index >= 15 is 0 Å². The lowest BCUT2D eigenvalue weighted by Gasteiger charge is -2.23. The van der Waals surface area contributed by atoms with Gasteiger partial charge in [0, 0.05) is 23.8 Å². The Morgan fingerprint density at radius 2 is 1.95 bits per heavy atom. The van der Waals surface area contributed by atoms with Crippen molar-refractivity contribution in [2.24, 2.45) is 0 Å². The fourth-order valence-electron chi connectivity index (χ4n) is 1.80. The zero-order valence-corrected chi connectivity index (χ0v) is 13.5. The molecule has 0 saturated carbocycles. The summed E-state index contributed by atoms with van der Waals surface area (Å²) in [6.07, 6.45) is -0.910. The summed E-state index contributed by atoms with van der Waals surface area (Å²) in [7, 11) is 1.07. The Morgan fingerprint density at radius 3 is 2.43 bits per heavy atom. The third kappa shape index (κ3) is 4.57. The maximum absolute atomic E-state index is 13.2. The van der Waals surface area contributed by atoms with Crippen LogP contribution in [-0.4, -0.2) is 38.4 Å². The van der Waals surface area contributed by atoms with Gasteiger partial charge >= 0.3 is 0 Å². The smallest absolute Gasteiger partial charge is 0.265 e. The average molecular weight is 338 g/mol. The Balaban J connectivity index is 3.06. The number of halogens is 2. The fraction of sp³-hybridized carbons (Fsp3) is 0.462. The monoisotopic (exact) mass is 337 g/mol. The molecular weight excluding hydrogens is 321 g/mol. The van der Waals surface area contributed by atoms with Crippen molar-refractivity contribution in [3.05, 3.63) is 24.0 Å². The van der Waals surface area contributed by atoms with Gasteiger partial charge < -0.3 is 9.64 Å². The second kappa shape index (κ2) is 7.09. The number of likely N-dealkylation sites (N-methyl/N-ethyl adjacent to an activating group) is 1. The minimum absolute atomic E-state index is 0.153. The summed E-state index contributed by atoms with van der Waals surface area (Å²) in [5, 5.41) is 0. The van der Waals surface area contributed by atoms with Gasteiger partial charge in [-0.1, -0.05) is 0 Å². The van der Waals surface area contributed by atoms with Gasteiger partial charge in [0.15, 0.2) is 6.10 Å². The molecule has 0 radical (unpaired) electrons. The van der Waals surface area contributed by atoms with E-state index in [0.717, 1.165) is 18.2 Å². The van der Waals surface area contributed by atoms with Crippen LogP contribution in [-0.2, 0) is 13.8 Å². The normalized spacial score (nSPS) is 12.8. The number of carbonyl (C=O) groups excluding carboxylic acids is 1. The number of amides is 1. The van der Waals surface area contributed by atoms with Crippen molar-refractivity contribution in [3.8, 4) is 5.75 Å². The van der Waals surface area contributed by atoms with Crippen molar-refractivity contribution in [2.75, 3.05) is 13.1 Å². The summed E-state index contributed by atoms with van der Waals surface area (Å²) in [6.45, 7) is 6.15. The lowest BCUT2D eigenvalue weighted by molar-refractivity contribution is -0.137. The fourth-order valence-corrected chi connectivity index (χ4v) is 2.77. The lowest BCUT2D eigenvalue weighted by atomic mass is 10.3. The Labute approximate surface area is 128 Å². The van der Waals surface area contributed by atoms with E-state index in [2.05, 4.69) is 0 Å². The van der Waals surface area contributed by atoms with Gasteiger partial charge in [0.1, 0.15) is 16.5 Å². The minimum Gasteiger partial charge on any atom is -0.479 e. The van der Waals surface area contributed by atoms with Crippen molar-refractivity contribution >= 4 is 25.6 Å². The summed E-state index contributed by atoms with van der Waals surface area (Å²) in [5.74, 6) is -1.20. The molecule has 0 heterocycles. The molecule has 1 unspecified atom stereocenters. The molecule has 118 valence electrons. The van der Waals surface area contributed by atoms with E-state index < -0.39 is 25.9 Å². The van der Waals surface area contributed by atoms with E-state index in [9.17, 15) is 17.6 Å². The second-order valence-electron chi connectivity index (χ2n) is 4.30. The number of ether oxygens (including phenoxy) is 1. The molecule has 0 aliphatic carbocycles. The maximum atomic E-state index is 13.2. The predicted molar refractivity (Wildman–Crippen MR) is 77.5 cm³/mol. The Morgan fingerprint density at radius 1 is 1.38 bits per heavy atom. The number of nitrogens with zero attached hydrogens (tertiary/aromatic N) is 1. The quantitative estimate of drug-likeness (QED) is 0.748. The second-order valence-corrected chi connectivity index (χ2v) is 6.83. The van der Waals surface area contributed by atoms with Crippen molar-refractivity contribution in [3.63, 3.8) is 0 Å². The highest BCUT2D eigenvalue weighted by atomic mass is 35.7. The molecule has 5 nitrogen and oxygen atoms in total. The van der Waals surface area contributed by atoms with Gasteiger partial charge in [0.25, 0.3) is 15.0 Å². The van der Waals surface area contributed by atoms with Gasteiger partial charge in [-0.3, -0.25) is 4.79 Å². The van der Waals surface area contributed by atoms with Crippen LogP contribution in [0.1, 0.15) is 20.8 Å². The molecule has 1 atom stereocenters. The first-order valence-electron chi connectivity index (χ1n) is 6.40. The maximum Gasteiger partial charge on any atom is 0.265 e. The van der Waals surface area contributed by atoms with Gasteiger partial charge in [-0.05, 0) is 39.0 Å². The predicted octanol–water partition coefficient (Wildman–Crippen LogP) is 2.39. The molecule has 0 N–H and O–H groups in total. The van der Waals surface area contributed by atoms with E-state index in [1.165, 1.54) is 6.92 Å². The summed E-state index contributed by atoms with van der Waals surface area (Å²) in [6, 6.07) is 2.93. The van der Waals surface area contributed by atoms with Gasteiger partial charge in [-0.2, -0.15) is 0 Å². The van der Waals surface area contributed by atoms with Crippen LogP contribution in [0.2, 0.25) is 0 Å². The largest absolute Gasteiger partial charge is 0.479 e. The topological polar surface area (TPSA) is 63.7 Å². The van der Waals surface area contributed by atoms with E-state index in [0.29, 0.717) is 13.1 Å². The molecule has 0 aliphatic rings. The van der Waals surface area contributed by atoms with Gasteiger partial charge in [-0.25, -0.2) is 12.8 Å². The summed E-state index contributed by atoms with van der Waals surface area (Å²) in [5.41, 5.74) is 0. The first-order chi connectivity index (χ1) is 9.70. The van der Waals surface area contributed by atoms with Crippen molar-refractivity contribution in [2.45, 2.75) is 31.8 Å². The molecule has 0 spiro atoms. The zero-order valence-electron chi connectivity index (χ0n) is 12.0. The van der Waals surface area contributed by atoms with Gasteiger partial charge in [0.2, 0.25) is 0 Å². The number of benzene rings is 1. The van der Waals surface area contributed by atoms with Crippen molar-refractivity contribution < 1.29 is 22.3 Å². The van der Waals surface area contributed by atoms with E-state index in [1.807, 2.05) is 13.8 Å². The number of hydrogen-bond acceptors (Lipinski definition) is 4. The first kappa shape index (κ1) is 17.7. The van der Waals surface area contributed by atoms with E-state index in [-0.39, 0.29) is 11.7 Å². The van der Waals surface area contributed by atoms with E-state index in [1.54, 1.807) is 4.90 Å². The minimum atomic E-state index is -4.18. The van der Waals surface area contributed by atoms with Crippen LogP contribution in [0.15, 0.2) is 23.1 Å². The SMILES string of the molecule is CCN(CC)C(=O)C(C)Oc1ccc(F)cc1S(=O)(=O)Cl. The zero-order chi connectivity index (χ0) is 16.2. The molecule has 1 aromatic rings. The van der Waals surface area contributed by atoms with Crippen LogP contribution in [0.3, 0.4) is 0 Å². The molecule has 0 aliphatic heterocycles. The molecule has 1 amide bonds. The number of rotatable bonds is 6. The third-order valence-corrected chi connectivity index (χ3v) is 4.24. The Hall–Kier alpha value is -1.34. The molecule has 8 heteroatoms. The standard InChI is InChI=1S/C13H17ClFNO4S/c1-4-16(5-2)13(17)9(3)20-11-7-6-10(15)8-12(11)21(14,18)19/h6-9H,4-5H2,1-3H3. The summed E-state index contributed by atoms with van der Waals surface area (Å²) < 4.78 is 41.4. The third-order valence-electron chi connectivity index (χ3n) is 2.90. The number of carbonyl (C=O) groups is 1. The molecule has 0 bridgehead atoms. The highest BCUT2D eigenvalue weighted by Crippen LogP contribution is 2.28. The molecule has 1 aromatic carbocycles. The van der Waals surface area contributed by atoms with Crippen molar-refractivity contribution in [1.29, 1.82) is 0 Å². The van der Waals surface area contributed by atoms with Crippen LogP contribution in [0.4, 0.5) is 4.39 Å². The lowest BCUT2D eigenvalue weighted by Crippen LogP contribution is -2.40.